The van der Waals surface area contributed by atoms with Crippen molar-refractivity contribution in [1.82, 2.24) is 24.9 Å². The van der Waals surface area contributed by atoms with Gasteiger partial charge in [-0.2, -0.15) is 10.2 Å². The fourth-order valence-corrected chi connectivity index (χ4v) is 2.87. The second-order valence-corrected chi connectivity index (χ2v) is 5.39. The van der Waals surface area contributed by atoms with Crippen LogP contribution in [0.4, 0.5) is 0 Å². The molecule has 6 nitrogen and oxygen atoms in total. The van der Waals surface area contributed by atoms with Crippen molar-refractivity contribution in [1.29, 1.82) is 0 Å². The van der Waals surface area contributed by atoms with Crippen LogP contribution in [-0.4, -0.2) is 43.9 Å². The number of aromatic amines is 1. The molecule has 3 rings (SSSR count). The molecule has 6 heteroatoms. The van der Waals surface area contributed by atoms with E-state index in [-0.39, 0.29) is 5.91 Å². The lowest BCUT2D eigenvalue weighted by atomic mass is 9.93. The molecule has 0 unspecified atom stereocenters. The normalized spacial score (nSPS) is 19.2. The number of amides is 1. The fraction of sp³-hybridized carbons (Fsp3) is 0.500. The van der Waals surface area contributed by atoms with E-state index in [1.54, 1.807) is 30.2 Å². The van der Waals surface area contributed by atoms with Crippen molar-refractivity contribution < 1.29 is 4.79 Å². The number of aromatic nitrogens is 4. The Morgan fingerprint density at radius 2 is 2.35 bits per heavy atom. The van der Waals surface area contributed by atoms with Crippen molar-refractivity contribution in [3.63, 3.8) is 0 Å². The van der Waals surface area contributed by atoms with E-state index in [0.717, 1.165) is 38.0 Å². The molecule has 0 bridgehead atoms. The Balaban J connectivity index is 1.66. The molecular weight excluding hydrogens is 254 g/mol. The van der Waals surface area contributed by atoms with E-state index < -0.39 is 0 Å². The number of hydrogen-bond acceptors (Lipinski definition) is 3. The molecule has 2 aromatic heterocycles. The standard InChI is InChI=1S/C14H19N5O/c1-18-13(5-7-16-18)14(20)19-8-2-3-11(10-19)9-12-4-6-15-17-12/h4-7,11H,2-3,8-10H2,1H3,(H,15,17)/t11-/m0/s1. The highest BCUT2D eigenvalue weighted by Crippen LogP contribution is 2.21. The van der Waals surface area contributed by atoms with Crippen molar-refractivity contribution in [2.45, 2.75) is 19.3 Å². The van der Waals surface area contributed by atoms with Gasteiger partial charge in [-0.3, -0.25) is 14.6 Å². The summed E-state index contributed by atoms with van der Waals surface area (Å²) in [5.41, 5.74) is 1.80. The van der Waals surface area contributed by atoms with Gasteiger partial charge in [0.1, 0.15) is 5.69 Å². The average Bonchev–Trinajstić information content (AvgIpc) is 3.10. The summed E-state index contributed by atoms with van der Waals surface area (Å²) in [5.74, 6) is 0.584. The lowest BCUT2D eigenvalue weighted by Crippen LogP contribution is -2.41. The van der Waals surface area contributed by atoms with Gasteiger partial charge >= 0.3 is 0 Å². The zero-order valence-electron chi connectivity index (χ0n) is 11.6. The molecule has 0 aromatic carbocycles. The molecule has 1 amide bonds. The summed E-state index contributed by atoms with van der Waals surface area (Å²) in [5, 5.41) is 11.0. The molecule has 1 saturated heterocycles. The predicted molar refractivity (Wildman–Crippen MR) is 74.1 cm³/mol. The highest BCUT2D eigenvalue weighted by Gasteiger charge is 2.26. The molecular formula is C14H19N5O. The zero-order chi connectivity index (χ0) is 13.9. The van der Waals surface area contributed by atoms with Crippen LogP contribution >= 0.6 is 0 Å². The molecule has 0 radical (unpaired) electrons. The third kappa shape index (κ3) is 2.59. The Labute approximate surface area is 117 Å². The van der Waals surface area contributed by atoms with Gasteiger partial charge in [0.15, 0.2) is 0 Å². The smallest absolute Gasteiger partial charge is 0.272 e. The predicted octanol–water partition coefficient (Wildman–Crippen LogP) is 1.24. The minimum atomic E-state index is 0.0827. The topological polar surface area (TPSA) is 66.8 Å². The molecule has 1 atom stereocenters. The van der Waals surface area contributed by atoms with Crippen LogP contribution in [0.25, 0.3) is 0 Å². The maximum Gasteiger partial charge on any atom is 0.272 e. The van der Waals surface area contributed by atoms with E-state index in [1.165, 1.54) is 0 Å². The van der Waals surface area contributed by atoms with Gasteiger partial charge in [0.05, 0.1) is 0 Å². The number of rotatable bonds is 3. The number of carbonyl (C=O) groups is 1. The molecule has 3 heterocycles. The lowest BCUT2D eigenvalue weighted by molar-refractivity contribution is 0.0661. The van der Waals surface area contributed by atoms with Crippen molar-refractivity contribution in [2.75, 3.05) is 13.1 Å². The van der Waals surface area contributed by atoms with Crippen molar-refractivity contribution in [2.24, 2.45) is 13.0 Å². The van der Waals surface area contributed by atoms with Gasteiger partial charge < -0.3 is 4.90 Å². The Kier molecular flexibility index (Phi) is 3.54. The van der Waals surface area contributed by atoms with Gasteiger partial charge in [-0.25, -0.2) is 0 Å². The molecule has 1 aliphatic heterocycles. The van der Waals surface area contributed by atoms with Crippen LogP contribution in [0.15, 0.2) is 24.5 Å². The summed E-state index contributed by atoms with van der Waals surface area (Å²) in [6.45, 7) is 1.65. The van der Waals surface area contributed by atoms with Crippen molar-refractivity contribution in [3.8, 4) is 0 Å². The van der Waals surface area contributed by atoms with Crippen LogP contribution in [0.5, 0.6) is 0 Å². The van der Waals surface area contributed by atoms with Gasteiger partial charge in [-0.1, -0.05) is 0 Å². The molecule has 0 saturated carbocycles. The van der Waals surface area contributed by atoms with E-state index in [9.17, 15) is 4.79 Å². The van der Waals surface area contributed by atoms with E-state index >= 15 is 0 Å². The Morgan fingerprint density at radius 1 is 1.45 bits per heavy atom. The molecule has 1 fully saturated rings. The largest absolute Gasteiger partial charge is 0.337 e. The quantitative estimate of drug-likeness (QED) is 0.915. The van der Waals surface area contributed by atoms with Crippen LogP contribution in [0.2, 0.25) is 0 Å². The van der Waals surface area contributed by atoms with Crippen LogP contribution in [0.1, 0.15) is 29.0 Å². The number of H-pyrrole nitrogens is 1. The summed E-state index contributed by atoms with van der Waals surface area (Å²) in [6.07, 6.45) is 6.61. The minimum Gasteiger partial charge on any atom is -0.337 e. The number of piperidine rings is 1. The number of aryl methyl sites for hydroxylation is 1. The first-order chi connectivity index (χ1) is 9.74. The Bertz CT molecular complexity index is 574. The minimum absolute atomic E-state index is 0.0827. The first kappa shape index (κ1) is 12.9. The Morgan fingerprint density at radius 3 is 3.05 bits per heavy atom. The number of nitrogens with one attached hydrogen (secondary N) is 1. The van der Waals surface area contributed by atoms with E-state index in [1.807, 2.05) is 11.0 Å². The molecule has 0 aliphatic carbocycles. The Hall–Kier alpha value is -2.11. The maximum absolute atomic E-state index is 12.5. The number of likely N-dealkylation sites (tertiary alicyclic amines) is 1. The highest BCUT2D eigenvalue weighted by molar-refractivity contribution is 5.92. The van der Waals surface area contributed by atoms with Crippen molar-refractivity contribution >= 4 is 5.91 Å². The molecule has 2 aromatic rings. The maximum atomic E-state index is 12.5. The SMILES string of the molecule is Cn1nccc1C(=O)N1CCC[C@@H](Cc2ccn[nH]2)C1. The third-order valence-electron chi connectivity index (χ3n) is 3.91. The average molecular weight is 273 g/mol. The first-order valence-electron chi connectivity index (χ1n) is 6.99. The van der Waals surface area contributed by atoms with Crippen LogP contribution in [-0.2, 0) is 13.5 Å². The van der Waals surface area contributed by atoms with E-state index in [2.05, 4.69) is 15.3 Å². The third-order valence-corrected chi connectivity index (χ3v) is 3.91. The second-order valence-electron chi connectivity index (χ2n) is 5.39. The first-order valence-corrected chi connectivity index (χ1v) is 6.99. The number of carbonyl (C=O) groups excluding carboxylic acids is 1. The fourth-order valence-electron chi connectivity index (χ4n) is 2.87. The highest BCUT2D eigenvalue weighted by atomic mass is 16.2. The molecule has 1 aliphatic rings. The van der Waals surface area contributed by atoms with E-state index in [0.29, 0.717) is 11.6 Å². The number of nitrogens with zero attached hydrogens (tertiary/aromatic N) is 4. The van der Waals surface area contributed by atoms with Crippen LogP contribution in [0, 0.1) is 5.92 Å². The van der Waals surface area contributed by atoms with Crippen LogP contribution < -0.4 is 0 Å². The summed E-state index contributed by atoms with van der Waals surface area (Å²) >= 11 is 0. The summed E-state index contributed by atoms with van der Waals surface area (Å²) in [4.78, 5) is 14.4. The van der Waals surface area contributed by atoms with Gasteiger partial charge in [0.25, 0.3) is 5.91 Å². The van der Waals surface area contributed by atoms with Gasteiger partial charge in [0, 0.05) is 38.2 Å². The van der Waals surface area contributed by atoms with E-state index in [4.69, 9.17) is 0 Å². The molecule has 1 N–H and O–H groups in total. The van der Waals surface area contributed by atoms with Gasteiger partial charge in [-0.05, 0) is 37.3 Å². The number of hydrogen-bond donors (Lipinski definition) is 1. The zero-order valence-corrected chi connectivity index (χ0v) is 11.6. The summed E-state index contributed by atoms with van der Waals surface area (Å²) in [6, 6.07) is 3.78. The van der Waals surface area contributed by atoms with Gasteiger partial charge in [-0.15, -0.1) is 0 Å². The molecule has 0 spiro atoms. The van der Waals surface area contributed by atoms with Crippen molar-refractivity contribution in [3.05, 3.63) is 35.9 Å². The monoisotopic (exact) mass is 273 g/mol. The molecule has 106 valence electrons. The van der Waals surface area contributed by atoms with Crippen LogP contribution in [0.3, 0.4) is 0 Å². The second kappa shape index (κ2) is 5.48. The lowest BCUT2D eigenvalue weighted by Gasteiger charge is -2.32. The summed E-state index contributed by atoms with van der Waals surface area (Å²) in [7, 11) is 1.80. The molecule has 20 heavy (non-hydrogen) atoms. The summed E-state index contributed by atoms with van der Waals surface area (Å²) < 4.78 is 1.64. The van der Waals surface area contributed by atoms with Gasteiger partial charge in [0.2, 0.25) is 0 Å².